The van der Waals surface area contributed by atoms with Crippen molar-refractivity contribution in [1.29, 1.82) is 0 Å². The van der Waals surface area contributed by atoms with Gasteiger partial charge < -0.3 is 29.9 Å². The summed E-state index contributed by atoms with van der Waals surface area (Å²) in [6.45, 7) is 0.955. The highest BCUT2D eigenvalue weighted by atomic mass is 35.5. The number of fused-ring (bicyclic) bond motifs is 2. The minimum absolute atomic E-state index is 0.404. The van der Waals surface area contributed by atoms with E-state index in [0.717, 1.165) is 18.0 Å². The second kappa shape index (κ2) is 10.3. The Balaban J connectivity index is 1.20. The van der Waals surface area contributed by atoms with Gasteiger partial charge in [0.2, 0.25) is 0 Å². The molecule has 5 aromatic rings. The van der Waals surface area contributed by atoms with Gasteiger partial charge in [0.1, 0.15) is 24.6 Å². The summed E-state index contributed by atoms with van der Waals surface area (Å²) in [6.07, 6.45) is 1.64. The topological polar surface area (TPSA) is 130 Å². The van der Waals surface area contributed by atoms with Crippen molar-refractivity contribution in [3.63, 3.8) is 0 Å². The Morgan fingerprint density at radius 3 is 2.61 bits per heavy atom. The molecular formula is C27H27ClN6O4. The molecule has 4 heterocycles. The number of imidazole rings is 1. The van der Waals surface area contributed by atoms with Crippen molar-refractivity contribution in [2.45, 2.75) is 37.5 Å². The predicted octanol–water partition coefficient (Wildman–Crippen LogP) is 2.75. The number of benzene rings is 2. The molecule has 11 heteroatoms. The molecule has 1 aliphatic rings. The van der Waals surface area contributed by atoms with Crippen molar-refractivity contribution in [2.75, 3.05) is 18.5 Å². The molecule has 4 atom stereocenters. The summed E-state index contributed by atoms with van der Waals surface area (Å²) in [4.78, 5) is 13.1. The maximum Gasteiger partial charge on any atom is 0.167 e. The van der Waals surface area contributed by atoms with Crippen molar-refractivity contribution >= 4 is 39.5 Å². The molecule has 2 aromatic carbocycles. The third-order valence-corrected chi connectivity index (χ3v) is 7.23. The van der Waals surface area contributed by atoms with E-state index in [4.69, 9.17) is 16.3 Å². The maximum atomic E-state index is 10.4. The van der Waals surface area contributed by atoms with Gasteiger partial charge in [-0.1, -0.05) is 41.9 Å². The van der Waals surface area contributed by atoms with Gasteiger partial charge in [-0.3, -0.25) is 4.57 Å². The van der Waals surface area contributed by atoms with Gasteiger partial charge in [0.25, 0.3) is 0 Å². The van der Waals surface area contributed by atoms with E-state index in [2.05, 4.69) is 43.2 Å². The molecule has 196 valence electrons. The Hall–Kier alpha value is -3.54. The first-order chi connectivity index (χ1) is 18.5. The van der Waals surface area contributed by atoms with Crippen LogP contribution in [0.15, 0.2) is 67.4 Å². The van der Waals surface area contributed by atoms with Gasteiger partial charge in [0.15, 0.2) is 23.2 Å². The van der Waals surface area contributed by atoms with Crippen molar-refractivity contribution in [3.05, 3.63) is 83.5 Å². The molecule has 6 rings (SSSR count). The Morgan fingerprint density at radius 1 is 1.00 bits per heavy atom. The quantitative estimate of drug-likeness (QED) is 0.239. The third-order valence-electron chi connectivity index (χ3n) is 6.97. The molecule has 0 spiro atoms. The van der Waals surface area contributed by atoms with E-state index in [0.29, 0.717) is 23.5 Å². The predicted molar refractivity (Wildman–Crippen MR) is 143 cm³/mol. The van der Waals surface area contributed by atoms with Gasteiger partial charge in [-0.2, -0.15) is 0 Å². The van der Waals surface area contributed by atoms with Crippen molar-refractivity contribution < 1.29 is 20.1 Å². The lowest BCUT2D eigenvalue weighted by Gasteiger charge is -2.16. The Bertz CT molecular complexity index is 1570. The Labute approximate surface area is 223 Å². The molecule has 4 N–H and O–H groups in total. The molecule has 0 bridgehead atoms. The summed E-state index contributed by atoms with van der Waals surface area (Å²) < 4.78 is 9.44. The van der Waals surface area contributed by atoms with E-state index < -0.39 is 31.1 Å². The fraction of sp³-hybridized carbons (Fsp3) is 0.296. The first-order valence-corrected chi connectivity index (χ1v) is 12.8. The number of nitrogens with one attached hydrogen (secondary N) is 1. The van der Waals surface area contributed by atoms with E-state index in [-0.39, 0.29) is 0 Å². The lowest BCUT2D eigenvalue weighted by atomic mass is 10.1. The highest BCUT2D eigenvalue weighted by Gasteiger charge is 2.44. The number of aliphatic hydroxyl groups is 3. The average molecular weight is 535 g/mol. The van der Waals surface area contributed by atoms with Gasteiger partial charge in [-0.15, -0.1) is 0 Å². The lowest BCUT2D eigenvalue weighted by Crippen LogP contribution is -2.33. The van der Waals surface area contributed by atoms with Crippen LogP contribution in [0.25, 0.3) is 22.1 Å². The van der Waals surface area contributed by atoms with Crippen LogP contribution in [0.4, 0.5) is 5.82 Å². The number of hydrogen-bond donors (Lipinski definition) is 4. The smallest absolute Gasteiger partial charge is 0.167 e. The minimum atomic E-state index is -1.22. The lowest BCUT2D eigenvalue weighted by molar-refractivity contribution is -0.0511. The molecule has 10 nitrogen and oxygen atoms in total. The number of nitrogens with zero attached hydrogens (tertiary/aromatic N) is 5. The number of rotatable bonds is 8. The normalized spacial score (nSPS) is 21.5. The summed E-state index contributed by atoms with van der Waals surface area (Å²) in [6, 6.07) is 16.2. The van der Waals surface area contributed by atoms with E-state index in [9.17, 15) is 15.3 Å². The van der Waals surface area contributed by atoms with Crippen LogP contribution in [-0.4, -0.2) is 70.9 Å². The van der Waals surface area contributed by atoms with E-state index in [1.165, 1.54) is 34.7 Å². The largest absolute Gasteiger partial charge is 0.394 e. The molecule has 0 amide bonds. The van der Waals surface area contributed by atoms with Gasteiger partial charge in [0.05, 0.1) is 12.9 Å². The zero-order chi connectivity index (χ0) is 26.2. The molecule has 1 saturated heterocycles. The number of anilines is 1. The van der Waals surface area contributed by atoms with Crippen LogP contribution in [-0.2, 0) is 17.7 Å². The standard InChI is InChI=1S/C27H27ClN6O4/c28-18-7-5-16(6-8-18)11-33-12-17(19-3-1-2-4-20(19)33)9-10-29-25-22-26(31-14-30-25)34(15-32-22)27-24(37)23(36)21(13-35)38-27/h1-8,12,14-15,21,23-24,27,35-37H,9-11,13H2,(H,29,30,31). The molecule has 1 aliphatic heterocycles. The zero-order valence-electron chi connectivity index (χ0n) is 20.4. The molecular weight excluding hydrogens is 508 g/mol. The molecule has 1 fully saturated rings. The van der Waals surface area contributed by atoms with Crippen molar-refractivity contribution in [3.8, 4) is 0 Å². The minimum Gasteiger partial charge on any atom is -0.394 e. The summed E-state index contributed by atoms with van der Waals surface area (Å²) in [5, 5.41) is 35.2. The fourth-order valence-electron chi connectivity index (χ4n) is 5.03. The van der Waals surface area contributed by atoms with Crippen molar-refractivity contribution in [2.24, 2.45) is 0 Å². The molecule has 3 aromatic heterocycles. The first-order valence-electron chi connectivity index (χ1n) is 12.4. The van der Waals surface area contributed by atoms with Gasteiger partial charge in [0, 0.05) is 35.2 Å². The third kappa shape index (κ3) is 4.50. The average Bonchev–Trinajstić information content (AvgIpc) is 3.60. The number of aromatic nitrogens is 5. The number of halogens is 1. The van der Waals surface area contributed by atoms with Crippen LogP contribution >= 0.6 is 11.6 Å². The molecule has 38 heavy (non-hydrogen) atoms. The van der Waals surface area contributed by atoms with Gasteiger partial charge in [-0.25, -0.2) is 15.0 Å². The fourth-order valence-corrected chi connectivity index (χ4v) is 5.16. The van der Waals surface area contributed by atoms with Crippen LogP contribution in [0.2, 0.25) is 5.02 Å². The summed E-state index contributed by atoms with van der Waals surface area (Å²) in [5.74, 6) is 0.561. The second-order valence-corrected chi connectivity index (χ2v) is 9.81. The first kappa shape index (κ1) is 24.8. The van der Waals surface area contributed by atoms with E-state index >= 15 is 0 Å². The Kier molecular flexibility index (Phi) is 6.73. The van der Waals surface area contributed by atoms with Gasteiger partial charge >= 0.3 is 0 Å². The molecule has 0 saturated carbocycles. The Morgan fingerprint density at radius 2 is 1.82 bits per heavy atom. The number of para-hydroxylation sites is 1. The van der Waals surface area contributed by atoms with Crippen LogP contribution in [0.5, 0.6) is 0 Å². The van der Waals surface area contributed by atoms with Crippen LogP contribution in [0, 0.1) is 0 Å². The number of ether oxygens (including phenoxy) is 1. The van der Waals surface area contributed by atoms with Crippen LogP contribution in [0.1, 0.15) is 17.4 Å². The number of aliphatic hydroxyl groups excluding tert-OH is 3. The highest BCUT2D eigenvalue weighted by molar-refractivity contribution is 6.30. The maximum absolute atomic E-state index is 10.4. The second-order valence-electron chi connectivity index (χ2n) is 9.38. The molecule has 0 radical (unpaired) electrons. The summed E-state index contributed by atoms with van der Waals surface area (Å²) in [5.41, 5.74) is 4.53. The summed E-state index contributed by atoms with van der Waals surface area (Å²) in [7, 11) is 0. The summed E-state index contributed by atoms with van der Waals surface area (Å²) >= 11 is 6.05. The molecule has 4 unspecified atom stereocenters. The van der Waals surface area contributed by atoms with E-state index in [1.807, 2.05) is 36.4 Å². The van der Waals surface area contributed by atoms with Crippen molar-refractivity contribution in [1.82, 2.24) is 24.1 Å². The van der Waals surface area contributed by atoms with Crippen LogP contribution in [0.3, 0.4) is 0 Å². The van der Waals surface area contributed by atoms with E-state index in [1.54, 1.807) is 4.57 Å². The molecule has 0 aliphatic carbocycles. The van der Waals surface area contributed by atoms with Crippen LogP contribution < -0.4 is 5.32 Å². The van der Waals surface area contributed by atoms with Gasteiger partial charge in [-0.05, 0) is 35.7 Å². The monoisotopic (exact) mass is 534 g/mol. The number of hydrogen-bond acceptors (Lipinski definition) is 8. The zero-order valence-corrected chi connectivity index (χ0v) is 21.1. The highest BCUT2D eigenvalue weighted by Crippen LogP contribution is 2.32. The SMILES string of the molecule is OCC1OC(n2cnc3c(NCCc4cn(Cc5ccc(Cl)cc5)c5ccccc45)ncnc32)C(O)C1O.